The third kappa shape index (κ3) is 4.83. The SMILES string of the molecule is C[C@@H](c1ccc(-n2cncn2)cc1)N(C)C(=O)CCCNC(=O)c1ccsc1. The fourth-order valence-electron chi connectivity index (χ4n) is 2.80. The van der Waals surface area contributed by atoms with Gasteiger partial charge in [0, 0.05) is 31.0 Å². The molecule has 146 valence electrons. The van der Waals surface area contributed by atoms with Gasteiger partial charge < -0.3 is 10.2 Å². The van der Waals surface area contributed by atoms with E-state index in [0.717, 1.165) is 11.3 Å². The van der Waals surface area contributed by atoms with Gasteiger partial charge in [-0.3, -0.25) is 9.59 Å². The zero-order valence-electron chi connectivity index (χ0n) is 15.9. The van der Waals surface area contributed by atoms with Gasteiger partial charge >= 0.3 is 0 Å². The van der Waals surface area contributed by atoms with Crippen LogP contribution in [-0.2, 0) is 4.79 Å². The van der Waals surface area contributed by atoms with Crippen LogP contribution in [0.15, 0.2) is 53.7 Å². The number of amides is 2. The van der Waals surface area contributed by atoms with Crippen molar-refractivity contribution in [2.45, 2.75) is 25.8 Å². The second-order valence-corrected chi connectivity index (χ2v) is 7.26. The summed E-state index contributed by atoms with van der Waals surface area (Å²) in [5.41, 5.74) is 2.63. The molecule has 0 aliphatic rings. The second kappa shape index (κ2) is 9.27. The van der Waals surface area contributed by atoms with Gasteiger partial charge in [0.25, 0.3) is 5.91 Å². The fourth-order valence-corrected chi connectivity index (χ4v) is 3.44. The van der Waals surface area contributed by atoms with Gasteiger partial charge in [-0.05, 0) is 42.5 Å². The standard InChI is InChI=1S/C20H23N5O2S/c1-15(16-5-7-18(8-6-16)25-14-21-13-23-25)24(2)19(26)4-3-10-22-20(27)17-9-11-28-12-17/h5-9,11-15H,3-4,10H2,1-2H3,(H,22,27)/t15-/m0/s1. The van der Waals surface area contributed by atoms with Gasteiger partial charge in [-0.1, -0.05) is 12.1 Å². The van der Waals surface area contributed by atoms with Crippen LogP contribution in [-0.4, -0.2) is 45.1 Å². The lowest BCUT2D eigenvalue weighted by Crippen LogP contribution is -2.31. The first kappa shape index (κ1) is 19.8. The highest BCUT2D eigenvalue weighted by Gasteiger charge is 2.17. The van der Waals surface area contributed by atoms with Gasteiger partial charge in [-0.2, -0.15) is 16.4 Å². The van der Waals surface area contributed by atoms with E-state index < -0.39 is 0 Å². The quantitative estimate of drug-likeness (QED) is 0.593. The highest BCUT2D eigenvalue weighted by atomic mass is 32.1. The van der Waals surface area contributed by atoms with E-state index in [1.165, 1.54) is 17.7 Å². The Morgan fingerprint density at radius 2 is 2.04 bits per heavy atom. The molecule has 2 aromatic heterocycles. The molecule has 0 spiro atoms. The average Bonchev–Trinajstić information content (AvgIpc) is 3.44. The van der Waals surface area contributed by atoms with Crippen LogP contribution in [0.2, 0.25) is 0 Å². The summed E-state index contributed by atoms with van der Waals surface area (Å²) in [6.45, 7) is 2.48. The van der Waals surface area contributed by atoms with Gasteiger partial charge in [0.2, 0.25) is 5.91 Å². The second-order valence-electron chi connectivity index (χ2n) is 6.48. The molecular formula is C20H23N5O2S. The van der Waals surface area contributed by atoms with Crippen molar-refractivity contribution in [1.29, 1.82) is 0 Å². The first-order valence-electron chi connectivity index (χ1n) is 9.07. The summed E-state index contributed by atoms with van der Waals surface area (Å²) in [7, 11) is 1.81. The summed E-state index contributed by atoms with van der Waals surface area (Å²) in [5.74, 6) is -0.0412. The Morgan fingerprint density at radius 1 is 1.25 bits per heavy atom. The lowest BCUT2D eigenvalue weighted by Gasteiger charge is -2.25. The number of aromatic nitrogens is 3. The molecule has 0 bridgehead atoms. The fraction of sp³-hybridized carbons (Fsp3) is 0.300. The molecule has 1 N–H and O–H groups in total. The molecular weight excluding hydrogens is 374 g/mol. The van der Waals surface area contributed by atoms with Crippen LogP contribution in [0.3, 0.4) is 0 Å². The molecule has 0 aliphatic carbocycles. The van der Waals surface area contributed by atoms with Crippen molar-refractivity contribution >= 4 is 23.2 Å². The minimum atomic E-state index is -0.0945. The molecule has 1 atom stereocenters. The Bertz CT molecular complexity index is 891. The Hall–Kier alpha value is -3.00. The molecule has 3 aromatic rings. The molecule has 0 fully saturated rings. The van der Waals surface area contributed by atoms with Crippen LogP contribution in [0.5, 0.6) is 0 Å². The third-order valence-corrected chi connectivity index (χ3v) is 5.35. The number of hydrogen-bond donors (Lipinski definition) is 1. The first-order chi connectivity index (χ1) is 13.6. The summed E-state index contributed by atoms with van der Waals surface area (Å²) in [6.07, 6.45) is 4.13. The summed E-state index contributed by atoms with van der Waals surface area (Å²) >= 11 is 1.49. The van der Waals surface area contributed by atoms with Gasteiger partial charge in [0.15, 0.2) is 0 Å². The lowest BCUT2D eigenvalue weighted by atomic mass is 10.1. The van der Waals surface area contributed by atoms with Crippen LogP contribution in [0.25, 0.3) is 5.69 Å². The van der Waals surface area contributed by atoms with Gasteiger partial charge in [-0.15, -0.1) is 0 Å². The largest absolute Gasteiger partial charge is 0.352 e. The minimum absolute atomic E-state index is 0.0438. The normalized spacial score (nSPS) is 11.8. The van der Waals surface area contributed by atoms with E-state index in [1.54, 1.807) is 22.0 Å². The topological polar surface area (TPSA) is 80.1 Å². The Kier molecular flexibility index (Phi) is 6.54. The van der Waals surface area contributed by atoms with Crippen molar-refractivity contribution in [3.63, 3.8) is 0 Å². The maximum atomic E-state index is 12.5. The van der Waals surface area contributed by atoms with Crippen molar-refractivity contribution < 1.29 is 9.59 Å². The summed E-state index contributed by atoms with van der Waals surface area (Å²) < 4.78 is 1.69. The van der Waals surface area contributed by atoms with Gasteiger partial charge in [0.05, 0.1) is 11.7 Å². The van der Waals surface area contributed by atoms with E-state index in [1.807, 2.05) is 49.0 Å². The van der Waals surface area contributed by atoms with E-state index >= 15 is 0 Å². The highest BCUT2D eigenvalue weighted by molar-refractivity contribution is 7.08. The summed E-state index contributed by atoms with van der Waals surface area (Å²) in [5, 5.41) is 10.6. The number of rotatable bonds is 8. The van der Waals surface area contributed by atoms with Crippen LogP contribution < -0.4 is 5.32 Å². The molecule has 28 heavy (non-hydrogen) atoms. The van der Waals surface area contributed by atoms with Crippen molar-refractivity contribution in [2.75, 3.05) is 13.6 Å². The first-order valence-corrected chi connectivity index (χ1v) is 10.0. The van der Waals surface area contributed by atoms with Gasteiger partial charge in [0.1, 0.15) is 12.7 Å². The highest BCUT2D eigenvalue weighted by Crippen LogP contribution is 2.21. The van der Waals surface area contributed by atoms with Gasteiger partial charge in [-0.25, -0.2) is 9.67 Å². The summed E-state index contributed by atoms with van der Waals surface area (Å²) in [4.78, 5) is 30.0. The number of nitrogens with zero attached hydrogens (tertiary/aromatic N) is 4. The predicted molar refractivity (Wildman–Crippen MR) is 108 cm³/mol. The lowest BCUT2D eigenvalue weighted by molar-refractivity contribution is -0.131. The molecule has 8 heteroatoms. The van der Waals surface area contributed by atoms with Crippen LogP contribution in [0, 0.1) is 0 Å². The molecule has 0 saturated carbocycles. The third-order valence-electron chi connectivity index (χ3n) is 4.67. The molecule has 2 amide bonds. The maximum absolute atomic E-state index is 12.5. The van der Waals surface area contributed by atoms with E-state index in [4.69, 9.17) is 0 Å². The van der Waals surface area contributed by atoms with Crippen LogP contribution in [0.4, 0.5) is 0 Å². The molecule has 2 heterocycles. The molecule has 1 aromatic carbocycles. The van der Waals surface area contributed by atoms with E-state index in [2.05, 4.69) is 15.4 Å². The number of benzene rings is 1. The molecule has 7 nitrogen and oxygen atoms in total. The minimum Gasteiger partial charge on any atom is -0.352 e. The number of carbonyl (C=O) groups excluding carboxylic acids is 2. The van der Waals surface area contributed by atoms with E-state index in [-0.39, 0.29) is 17.9 Å². The summed E-state index contributed by atoms with van der Waals surface area (Å²) in [6, 6.07) is 9.64. The monoisotopic (exact) mass is 397 g/mol. The smallest absolute Gasteiger partial charge is 0.252 e. The van der Waals surface area contributed by atoms with E-state index in [0.29, 0.717) is 24.9 Å². The van der Waals surface area contributed by atoms with Crippen molar-refractivity contribution in [3.8, 4) is 5.69 Å². The van der Waals surface area contributed by atoms with Crippen molar-refractivity contribution in [3.05, 3.63) is 64.9 Å². The molecule has 3 rings (SSSR count). The number of nitrogens with one attached hydrogen (secondary N) is 1. The molecule has 0 unspecified atom stereocenters. The van der Waals surface area contributed by atoms with Crippen molar-refractivity contribution in [2.24, 2.45) is 0 Å². The Labute approximate surface area is 168 Å². The molecule has 0 saturated heterocycles. The van der Waals surface area contributed by atoms with Crippen LogP contribution in [0.1, 0.15) is 41.7 Å². The number of thiophene rings is 1. The van der Waals surface area contributed by atoms with Crippen molar-refractivity contribution in [1.82, 2.24) is 25.0 Å². The van der Waals surface area contributed by atoms with E-state index in [9.17, 15) is 9.59 Å². The average molecular weight is 398 g/mol. The zero-order chi connectivity index (χ0) is 19.9. The zero-order valence-corrected chi connectivity index (χ0v) is 16.7. The Morgan fingerprint density at radius 3 is 2.68 bits per heavy atom. The molecule has 0 radical (unpaired) electrons. The predicted octanol–water partition coefficient (Wildman–Crippen LogP) is 3.06. The Balaban J connectivity index is 1.46. The maximum Gasteiger partial charge on any atom is 0.252 e. The number of carbonyl (C=O) groups is 2. The number of hydrogen-bond acceptors (Lipinski definition) is 5. The molecule has 0 aliphatic heterocycles. The van der Waals surface area contributed by atoms with Crippen LogP contribution >= 0.6 is 11.3 Å².